The van der Waals surface area contributed by atoms with Crippen molar-refractivity contribution >= 4 is 44.8 Å². The van der Waals surface area contributed by atoms with Crippen molar-refractivity contribution in [3.8, 4) is 29.4 Å². The first-order valence-electron chi connectivity index (χ1n) is 12.6. The van der Waals surface area contributed by atoms with Crippen LogP contribution < -0.4 is 15.4 Å². The van der Waals surface area contributed by atoms with Crippen molar-refractivity contribution < 1.29 is 17.8 Å². The van der Waals surface area contributed by atoms with Gasteiger partial charge in [-0.3, -0.25) is 9.53 Å². The van der Waals surface area contributed by atoms with Crippen LogP contribution in [0.15, 0.2) is 83.5 Å². The van der Waals surface area contributed by atoms with Gasteiger partial charge in [-0.15, -0.1) is 6.42 Å². The molecule has 0 aliphatic carbocycles. The molecule has 0 aliphatic rings. The highest BCUT2D eigenvalue weighted by atomic mass is 35.5. The van der Waals surface area contributed by atoms with Crippen molar-refractivity contribution in [2.45, 2.75) is 12.6 Å². The Morgan fingerprint density at radius 2 is 2.00 bits per heavy atom. The van der Waals surface area contributed by atoms with E-state index in [4.69, 9.17) is 27.2 Å². The predicted octanol–water partition coefficient (Wildman–Crippen LogP) is 6.65. The van der Waals surface area contributed by atoms with Crippen molar-refractivity contribution in [2.75, 3.05) is 23.9 Å². The lowest BCUT2D eigenvalue weighted by molar-refractivity contribution is 0.306. The second-order valence-electron chi connectivity index (χ2n) is 9.22. The van der Waals surface area contributed by atoms with Crippen LogP contribution in [0, 0.1) is 18.2 Å². The molecule has 0 saturated heterocycles. The van der Waals surface area contributed by atoms with Gasteiger partial charge in [0.05, 0.1) is 23.1 Å². The van der Waals surface area contributed by atoms with E-state index in [1.165, 1.54) is 18.5 Å². The SMILES string of the molecule is C#CCN[C@H](CS(C)=O)c1ccc(-c2ccc3ncnc(Nc4ccc(OCc5cccc(F)c5)c(Cl)c4)c3c2)o1. The molecular formula is C31H26ClFN4O3S. The first kappa shape index (κ1) is 28.3. The van der Waals surface area contributed by atoms with E-state index in [-0.39, 0.29) is 18.5 Å². The number of benzene rings is 3. The Balaban J connectivity index is 1.36. The molecule has 41 heavy (non-hydrogen) atoms. The number of hydrogen-bond acceptors (Lipinski definition) is 7. The number of furan rings is 1. The van der Waals surface area contributed by atoms with Crippen LogP contribution >= 0.6 is 11.6 Å². The van der Waals surface area contributed by atoms with Gasteiger partial charge in [-0.2, -0.15) is 0 Å². The van der Waals surface area contributed by atoms with E-state index in [9.17, 15) is 8.60 Å². The third-order valence-corrected chi connectivity index (χ3v) is 7.32. The second-order valence-corrected chi connectivity index (χ2v) is 11.1. The maximum atomic E-state index is 13.5. The number of rotatable bonds is 11. The molecule has 5 rings (SSSR count). The molecule has 7 nitrogen and oxygen atoms in total. The Kier molecular flexibility index (Phi) is 8.95. The molecule has 0 fully saturated rings. The molecule has 2 heterocycles. The molecule has 0 aliphatic heterocycles. The van der Waals surface area contributed by atoms with E-state index in [1.54, 1.807) is 30.5 Å². The van der Waals surface area contributed by atoms with Gasteiger partial charge in [0, 0.05) is 39.4 Å². The summed E-state index contributed by atoms with van der Waals surface area (Å²) in [5.41, 5.74) is 2.98. The predicted molar refractivity (Wildman–Crippen MR) is 161 cm³/mol. The van der Waals surface area contributed by atoms with Gasteiger partial charge in [-0.1, -0.05) is 29.7 Å². The minimum atomic E-state index is -1.04. The van der Waals surface area contributed by atoms with Crippen LogP contribution in [0.25, 0.3) is 22.2 Å². The van der Waals surface area contributed by atoms with Gasteiger partial charge in [0.15, 0.2) is 0 Å². The highest BCUT2D eigenvalue weighted by molar-refractivity contribution is 7.84. The summed E-state index contributed by atoms with van der Waals surface area (Å²) >= 11 is 6.49. The zero-order chi connectivity index (χ0) is 28.8. The molecule has 0 amide bonds. The Bertz CT molecular complexity index is 1750. The topological polar surface area (TPSA) is 89.3 Å². The number of aromatic nitrogens is 2. The fourth-order valence-electron chi connectivity index (χ4n) is 4.28. The van der Waals surface area contributed by atoms with Gasteiger partial charge < -0.3 is 14.5 Å². The van der Waals surface area contributed by atoms with Crippen molar-refractivity contribution in [1.82, 2.24) is 15.3 Å². The van der Waals surface area contributed by atoms with Crippen molar-refractivity contribution in [3.63, 3.8) is 0 Å². The summed E-state index contributed by atoms with van der Waals surface area (Å²) < 4.78 is 37.3. The molecule has 0 saturated carbocycles. The highest BCUT2D eigenvalue weighted by Crippen LogP contribution is 2.33. The molecule has 0 bridgehead atoms. The monoisotopic (exact) mass is 588 g/mol. The molecule has 0 spiro atoms. The number of anilines is 2. The molecule has 5 aromatic rings. The van der Waals surface area contributed by atoms with Gasteiger partial charge in [0.1, 0.15) is 41.8 Å². The van der Waals surface area contributed by atoms with Crippen LogP contribution in [0.4, 0.5) is 15.9 Å². The highest BCUT2D eigenvalue weighted by Gasteiger charge is 2.18. The molecule has 2 aromatic heterocycles. The number of nitrogens with one attached hydrogen (secondary N) is 2. The fourth-order valence-corrected chi connectivity index (χ4v) is 5.27. The van der Waals surface area contributed by atoms with Crippen molar-refractivity contribution in [1.29, 1.82) is 0 Å². The number of nitrogens with zero attached hydrogens (tertiary/aromatic N) is 2. The maximum absolute atomic E-state index is 13.5. The lowest BCUT2D eigenvalue weighted by Gasteiger charge is -2.13. The first-order valence-corrected chi connectivity index (χ1v) is 14.8. The van der Waals surface area contributed by atoms with Crippen molar-refractivity contribution in [2.24, 2.45) is 0 Å². The summed E-state index contributed by atoms with van der Waals surface area (Å²) in [5, 5.41) is 7.67. The van der Waals surface area contributed by atoms with Gasteiger partial charge in [-0.05, 0) is 66.2 Å². The van der Waals surface area contributed by atoms with Gasteiger partial charge >= 0.3 is 0 Å². The van der Waals surface area contributed by atoms with E-state index in [0.29, 0.717) is 51.7 Å². The number of halogens is 2. The summed E-state index contributed by atoms with van der Waals surface area (Å²) in [7, 11) is -1.04. The molecular weight excluding hydrogens is 563 g/mol. The van der Waals surface area contributed by atoms with Crippen LogP contribution in [-0.2, 0) is 17.4 Å². The Hall–Kier alpha value is -4.23. The normalized spacial score (nSPS) is 12.5. The molecule has 3 aromatic carbocycles. The smallest absolute Gasteiger partial charge is 0.141 e. The van der Waals surface area contributed by atoms with E-state index < -0.39 is 10.8 Å². The van der Waals surface area contributed by atoms with E-state index in [0.717, 1.165) is 16.5 Å². The summed E-state index contributed by atoms with van der Waals surface area (Å²) in [4.78, 5) is 8.84. The Morgan fingerprint density at radius 3 is 2.78 bits per heavy atom. The van der Waals surface area contributed by atoms with Gasteiger partial charge in [0.2, 0.25) is 0 Å². The Morgan fingerprint density at radius 1 is 1.12 bits per heavy atom. The molecule has 1 unspecified atom stereocenters. The van der Waals surface area contributed by atoms with Crippen LogP contribution in [0.2, 0.25) is 5.02 Å². The minimum Gasteiger partial charge on any atom is -0.487 e. The third kappa shape index (κ3) is 7.11. The van der Waals surface area contributed by atoms with Gasteiger partial charge in [0.25, 0.3) is 0 Å². The number of ether oxygens (including phenoxy) is 1. The molecule has 208 valence electrons. The fraction of sp³-hybridized carbons (Fsp3) is 0.161. The number of hydrogen-bond donors (Lipinski definition) is 2. The molecule has 2 atom stereocenters. The summed E-state index contributed by atoms with van der Waals surface area (Å²) in [6.07, 6.45) is 8.53. The standard InChI is InChI=1S/C31H26ClFN4O3S/c1-3-13-34-27(18-41(2)38)30-12-11-28(40-30)21-7-9-26-24(15-21)31(36-19-35-26)37-23-8-10-29(25(32)16-23)39-17-20-5-4-6-22(33)14-20/h1,4-12,14-16,19,27,34H,13,17-18H2,2H3,(H,35,36,37)/t27-,41?/m1/s1. The van der Waals surface area contributed by atoms with Crippen LogP contribution in [0.5, 0.6) is 5.75 Å². The quantitative estimate of drug-likeness (QED) is 0.167. The second kappa shape index (κ2) is 13.0. The lowest BCUT2D eigenvalue weighted by atomic mass is 10.1. The average molecular weight is 589 g/mol. The van der Waals surface area contributed by atoms with E-state index >= 15 is 0 Å². The zero-order valence-corrected chi connectivity index (χ0v) is 23.6. The van der Waals surface area contributed by atoms with Crippen LogP contribution in [-0.4, -0.2) is 32.7 Å². The summed E-state index contributed by atoms with van der Waals surface area (Å²) in [6.45, 7) is 0.527. The van der Waals surface area contributed by atoms with Crippen molar-refractivity contribution in [3.05, 3.63) is 101 Å². The first-order chi connectivity index (χ1) is 19.9. The van der Waals surface area contributed by atoms with Crippen LogP contribution in [0.1, 0.15) is 17.4 Å². The number of terminal acetylenes is 1. The minimum absolute atomic E-state index is 0.190. The maximum Gasteiger partial charge on any atom is 0.141 e. The number of fused-ring (bicyclic) bond motifs is 1. The van der Waals surface area contributed by atoms with E-state index in [1.807, 2.05) is 36.4 Å². The summed E-state index contributed by atoms with van der Waals surface area (Å²) in [5.74, 6) is 4.97. The van der Waals surface area contributed by atoms with Crippen LogP contribution in [0.3, 0.4) is 0 Å². The molecule has 2 N–H and O–H groups in total. The molecule has 10 heteroatoms. The Labute approximate surface area is 244 Å². The van der Waals surface area contributed by atoms with Gasteiger partial charge in [-0.25, -0.2) is 14.4 Å². The molecule has 0 radical (unpaired) electrons. The van der Waals surface area contributed by atoms with E-state index in [2.05, 4.69) is 26.5 Å². The largest absolute Gasteiger partial charge is 0.487 e. The summed E-state index contributed by atoms with van der Waals surface area (Å²) in [6, 6.07) is 20.8. The third-order valence-electron chi connectivity index (χ3n) is 6.22. The zero-order valence-electron chi connectivity index (χ0n) is 22.1. The average Bonchev–Trinajstić information content (AvgIpc) is 3.45. The lowest BCUT2D eigenvalue weighted by Crippen LogP contribution is -2.26.